The number of aryl methyl sites for hydroxylation is 1. The van der Waals surface area contributed by atoms with E-state index in [-0.39, 0.29) is 22.7 Å². The van der Waals surface area contributed by atoms with E-state index in [9.17, 15) is 14.7 Å². The number of anilines is 3. The first-order chi connectivity index (χ1) is 14.7. The molecule has 1 fully saturated rings. The summed E-state index contributed by atoms with van der Waals surface area (Å²) in [6.07, 6.45) is 2.80. The Morgan fingerprint density at radius 2 is 1.68 bits per heavy atom. The van der Waals surface area contributed by atoms with Crippen LogP contribution >= 0.6 is 23.5 Å². The van der Waals surface area contributed by atoms with E-state index in [1.54, 1.807) is 16.4 Å². The van der Waals surface area contributed by atoms with E-state index in [1.807, 2.05) is 33.2 Å². The van der Waals surface area contributed by atoms with E-state index in [0.29, 0.717) is 15.6 Å². The highest BCUT2D eigenvalue weighted by atomic mass is 35.5. The molecular weight excluding hydrogens is 434 g/mol. The standard InChI is InChI=1S/C23H24ClN3O3S/c1-13-5-7-14(8-6-13)23(11-4-12-23)26-18-17(20(29)21(18)30)25-16-10-9-15(24)22(19(16)28)31-27(2)3/h5-10,25-26,28H,4,11-12H2,1-3H3. The van der Waals surface area contributed by atoms with Crippen molar-refractivity contribution in [2.75, 3.05) is 24.7 Å². The fourth-order valence-corrected chi connectivity index (χ4v) is 4.78. The minimum absolute atomic E-state index is 0.0675. The number of hydrogen-bond donors (Lipinski definition) is 3. The molecular formula is C23H24ClN3O3S. The molecule has 6 nitrogen and oxygen atoms in total. The lowest BCUT2D eigenvalue weighted by molar-refractivity contribution is 0.284. The smallest absolute Gasteiger partial charge is 0.253 e. The van der Waals surface area contributed by atoms with Crippen LogP contribution < -0.4 is 21.5 Å². The maximum absolute atomic E-state index is 12.4. The number of phenols is 1. The molecule has 3 aromatic carbocycles. The lowest BCUT2D eigenvalue weighted by Gasteiger charge is -2.44. The fraction of sp³-hybridized carbons (Fsp3) is 0.304. The van der Waals surface area contributed by atoms with Crippen molar-refractivity contribution in [3.8, 4) is 5.75 Å². The van der Waals surface area contributed by atoms with Crippen molar-refractivity contribution in [2.24, 2.45) is 0 Å². The first-order valence-corrected chi connectivity index (χ1v) is 11.2. The van der Waals surface area contributed by atoms with Crippen molar-refractivity contribution in [3.05, 3.63) is 73.0 Å². The Morgan fingerprint density at radius 1 is 1.03 bits per heavy atom. The summed E-state index contributed by atoms with van der Waals surface area (Å²) in [7, 11) is 3.67. The molecule has 1 aliphatic rings. The van der Waals surface area contributed by atoms with Gasteiger partial charge in [0.1, 0.15) is 11.4 Å². The van der Waals surface area contributed by atoms with Gasteiger partial charge in [-0.15, -0.1) is 0 Å². The summed E-state index contributed by atoms with van der Waals surface area (Å²) >= 11 is 7.49. The van der Waals surface area contributed by atoms with Gasteiger partial charge in [-0.05, 0) is 69.9 Å². The molecule has 1 saturated carbocycles. The molecule has 0 unspecified atom stereocenters. The third-order valence-electron chi connectivity index (χ3n) is 5.70. The number of aromatic hydroxyl groups is 1. The summed E-state index contributed by atoms with van der Waals surface area (Å²) in [4.78, 5) is 25.2. The van der Waals surface area contributed by atoms with E-state index in [4.69, 9.17) is 11.6 Å². The van der Waals surface area contributed by atoms with E-state index in [1.165, 1.54) is 17.5 Å². The van der Waals surface area contributed by atoms with Gasteiger partial charge in [-0.2, -0.15) is 0 Å². The zero-order valence-electron chi connectivity index (χ0n) is 17.6. The lowest BCUT2D eigenvalue weighted by atomic mass is 9.71. The Hall–Kier alpha value is -2.48. The van der Waals surface area contributed by atoms with Crippen molar-refractivity contribution < 1.29 is 5.11 Å². The minimum Gasteiger partial charge on any atom is -0.505 e. The first-order valence-electron chi connectivity index (χ1n) is 10.0. The quantitative estimate of drug-likeness (QED) is 0.268. The van der Waals surface area contributed by atoms with Crippen LogP contribution in [0.3, 0.4) is 0 Å². The van der Waals surface area contributed by atoms with Gasteiger partial charge in [0.25, 0.3) is 10.9 Å². The van der Waals surface area contributed by atoms with Crippen LogP contribution in [0.15, 0.2) is 50.9 Å². The van der Waals surface area contributed by atoms with Gasteiger partial charge < -0.3 is 15.7 Å². The Bertz CT molecular complexity index is 1200. The van der Waals surface area contributed by atoms with Gasteiger partial charge in [0, 0.05) is 0 Å². The Kier molecular flexibility index (Phi) is 5.77. The van der Waals surface area contributed by atoms with Gasteiger partial charge in [-0.3, -0.25) is 13.9 Å². The highest BCUT2D eigenvalue weighted by Gasteiger charge is 2.41. The van der Waals surface area contributed by atoms with Gasteiger partial charge in [0.05, 0.1) is 21.1 Å². The number of halogens is 1. The van der Waals surface area contributed by atoms with Crippen LogP contribution in [-0.2, 0) is 5.54 Å². The molecule has 3 aromatic rings. The lowest BCUT2D eigenvalue weighted by Crippen LogP contribution is -2.47. The molecule has 1 aliphatic carbocycles. The SMILES string of the molecule is Cc1ccc(C2(Nc3c(Nc4ccc(Cl)c(SN(C)C)c4O)c(=O)c3=O)CCC2)cc1. The summed E-state index contributed by atoms with van der Waals surface area (Å²) in [6.45, 7) is 2.03. The third-order valence-corrected chi connectivity index (χ3v) is 7.09. The van der Waals surface area contributed by atoms with E-state index in [2.05, 4.69) is 22.8 Å². The van der Waals surface area contributed by atoms with Gasteiger partial charge >= 0.3 is 0 Å². The molecule has 8 heteroatoms. The summed E-state index contributed by atoms with van der Waals surface area (Å²) < 4.78 is 1.80. The molecule has 0 amide bonds. The van der Waals surface area contributed by atoms with Crippen molar-refractivity contribution in [3.63, 3.8) is 0 Å². The van der Waals surface area contributed by atoms with Crippen LogP contribution in [0.5, 0.6) is 5.75 Å². The number of rotatable bonds is 7. The van der Waals surface area contributed by atoms with Crippen LogP contribution in [0.4, 0.5) is 17.1 Å². The Balaban J connectivity index is 1.65. The predicted molar refractivity (Wildman–Crippen MR) is 128 cm³/mol. The van der Waals surface area contributed by atoms with Gasteiger partial charge in [-0.1, -0.05) is 41.4 Å². The topological polar surface area (TPSA) is 81.7 Å². The van der Waals surface area contributed by atoms with Crippen molar-refractivity contribution in [1.82, 2.24) is 4.31 Å². The van der Waals surface area contributed by atoms with Crippen LogP contribution in [0.25, 0.3) is 0 Å². The number of nitrogens with zero attached hydrogens (tertiary/aromatic N) is 1. The summed E-state index contributed by atoms with van der Waals surface area (Å²) in [5.74, 6) is -0.0675. The van der Waals surface area contributed by atoms with Crippen LogP contribution in [0.2, 0.25) is 5.02 Å². The molecule has 0 heterocycles. The molecule has 0 spiro atoms. The number of nitrogens with one attached hydrogen (secondary N) is 2. The molecule has 0 saturated heterocycles. The van der Waals surface area contributed by atoms with E-state index >= 15 is 0 Å². The molecule has 3 N–H and O–H groups in total. The Labute approximate surface area is 190 Å². The molecule has 31 heavy (non-hydrogen) atoms. The van der Waals surface area contributed by atoms with Crippen molar-refractivity contribution in [2.45, 2.75) is 36.6 Å². The van der Waals surface area contributed by atoms with Crippen LogP contribution in [0.1, 0.15) is 30.4 Å². The van der Waals surface area contributed by atoms with Gasteiger partial charge in [0.15, 0.2) is 5.75 Å². The van der Waals surface area contributed by atoms with Crippen LogP contribution in [-0.4, -0.2) is 23.5 Å². The largest absolute Gasteiger partial charge is 0.505 e. The summed E-state index contributed by atoms with van der Waals surface area (Å²) in [5, 5.41) is 17.4. The summed E-state index contributed by atoms with van der Waals surface area (Å²) in [5.41, 5.74) is 1.52. The van der Waals surface area contributed by atoms with Gasteiger partial charge in [0.2, 0.25) is 0 Å². The van der Waals surface area contributed by atoms with Gasteiger partial charge in [-0.25, -0.2) is 0 Å². The second-order valence-corrected chi connectivity index (χ2v) is 9.86. The second kappa shape index (κ2) is 8.22. The second-order valence-electron chi connectivity index (χ2n) is 8.14. The van der Waals surface area contributed by atoms with Crippen LogP contribution in [0, 0.1) is 6.92 Å². The number of hydrogen-bond acceptors (Lipinski definition) is 7. The number of phenolic OH excluding ortho intramolecular Hbond substituents is 1. The number of benzene rings is 2. The molecule has 0 radical (unpaired) electrons. The Morgan fingerprint density at radius 3 is 2.26 bits per heavy atom. The molecule has 4 rings (SSSR count). The first kappa shape index (κ1) is 21.7. The van der Waals surface area contributed by atoms with Crippen molar-refractivity contribution in [1.29, 1.82) is 0 Å². The highest BCUT2D eigenvalue weighted by molar-refractivity contribution is 7.97. The monoisotopic (exact) mass is 457 g/mol. The van der Waals surface area contributed by atoms with E-state index in [0.717, 1.165) is 24.8 Å². The molecule has 162 valence electrons. The van der Waals surface area contributed by atoms with Crippen molar-refractivity contribution >= 4 is 40.6 Å². The molecule has 0 aliphatic heterocycles. The molecule has 0 atom stereocenters. The zero-order valence-corrected chi connectivity index (χ0v) is 19.2. The molecule has 0 bridgehead atoms. The third kappa shape index (κ3) is 3.93. The average molecular weight is 458 g/mol. The maximum atomic E-state index is 12.4. The predicted octanol–water partition coefficient (Wildman–Crippen LogP) is 4.75. The zero-order chi connectivity index (χ0) is 22.3. The maximum Gasteiger partial charge on any atom is 0.253 e. The minimum atomic E-state index is -0.600. The highest BCUT2D eigenvalue weighted by Crippen LogP contribution is 2.46. The van der Waals surface area contributed by atoms with E-state index < -0.39 is 10.9 Å². The normalized spacial score (nSPS) is 15.1. The summed E-state index contributed by atoms with van der Waals surface area (Å²) in [6, 6.07) is 11.5. The molecule has 0 aromatic heterocycles. The fourth-order valence-electron chi connectivity index (χ4n) is 3.81. The average Bonchev–Trinajstić information content (AvgIpc) is 2.71.